The van der Waals surface area contributed by atoms with Crippen LogP contribution in [0.5, 0.6) is 0 Å². The van der Waals surface area contributed by atoms with Gasteiger partial charge in [0.25, 0.3) is 0 Å². The number of rotatable bonds is 3. The molecule has 0 spiro atoms. The Hall–Kier alpha value is -3.89. The van der Waals surface area contributed by atoms with Gasteiger partial charge in [-0.1, -0.05) is 91.0 Å². The molecular formula is C33H29NO3. The van der Waals surface area contributed by atoms with Crippen LogP contribution in [-0.4, -0.2) is 42.9 Å². The van der Waals surface area contributed by atoms with Gasteiger partial charge >= 0.3 is 6.09 Å². The lowest BCUT2D eigenvalue weighted by atomic mass is 9.87. The van der Waals surface area contributed by atoms with Gasteiger partial charge in [-0.3, -0.25) is 4.90 Å². The molecule has 2 bridgehead atoms. The fourth-order valence-corrected chi connectivity index (χ4v) is 6.48. The van der Waals surface area contributed by atoms with Crippen molar-refractivity contribution in [1.82, 2.24) is 4.90 Å². The highest BCUT2D eigenvalue weighted by Gasteiger charge is 2.40. The zero-order valence-corrected chi connectivity index (χ0v) is 20.9. The summed E-state index contributed by atoms with van der Waals surface area (Å²) in [5.41, 5.74) is 8.75. The molecule has 4 heteroatoms. The summed E-state index contributed by atoms with van der Waals surface area (Å²) in [6.45, 7) is 3.52. The second kappa shape index (κ2) is 8.89. The molecule has 3 aliphatic rings. The summed E-state index contributed by atoms with van der Waals surface area (Å²) in [6.07, 6.45) is 2.73. The Balaban J connectivity index is 1.15. The highest BCUT2D eigenvalue weighted by Crippen LogP contribution is 2.45. The third-order valence-electron chi connectivity index (χ3n) is 8.23. The van der Waals surface area contributed by atoms with Crippen LogP contribution in [-0.2, 0) is 9.47 Å². The molecular weight excluding hydrogens is 458 g/mol. The smallest absolute Gasteiger partial charge is 0.410 e. The van der Waals surface area contributed by atoms with Gasteiger partial charge in [0.05, 0.1) is 25.3 Å². The molecule has 0 radical (unpaired) electrons. The number of morpholine rings is 1. The Morgan fingerprint density at radius 3 is 2.24 bits per heavy atom. The normalized spacial score (nSPS) is 20.4. The van der Waals surface area contributed by atoms with E-state index < -0.39 is 0 Å². The van der Waals surface area contributed by atoms with E-state index in [-0.39, 0.29) is 24.1 Å². The van der Waals surface area contributed by atoms with Crippen LogP contribution in [0.1, 0.15) is 34.6 Å². The van der Waals surface area contributed by atoms with Crippen LogP contribution in [0.25, 0.3) is 27.5 Å². The Morgan fingerprint density at radius 1 is 0.838 bits per heavy atom. The van der Waals surface area contributed by atoms with Gasteiger partial charge in [0, 0.05) is 5.92 Å². The largest absolute Gasteiger partial charge is 0.448 e. The predicted octanol–water partition coefficient (Wildman–Crippen LogP) is 6.95. The topological polar surface area (TPSA) is 38.8 Å². The van der Waals surface area contributed by atoms with E-state index in [0.717, 1.165) is 6.42 Å². The predicted molar refractivity (Wildman–Crippen MR) is 147 cm³/mol. The molecule has 4 aromatic rings. The summed E-state index contributed by atoms with van der Waals surface area (Å²) in [6, 6.07) is 29.7. The first-order valence-corrected chi connectivity index (χ1v) is 13.1. The van der Waals surface area contributed by atoms with Crippen molar-refractivity contribution in [2.45, 2.75) is 31.3 Å². The first-order chi connectivity index (χ1) is 18.2. The van der Waals surface area contributed by atoms with Crippen molar-refractivity contribution in [1.29, 1.82) is 0 Å². The number of ether oxygens (including phenoxy) is 2. The molecule has 4 nitrogen and oxygen atoms in total. The number of hydrogen-bond donors (Lipinski definition) is 0. The Bertz CT molecular complexity index is 1510. The van der Waals surface area contributed by atoms with Gasteiger partial charge in [0.2, 0.25) is 0 Å². The van der Waals surface area contributed by atoms with Gasteiger partial charge < -0.3 is 9.47 Å². The summed E-state index contributed by atoms with van der Waals surface area (Å²) in [4.78, 5) is 15.4. The number of fused-ring (bicyclic) bond motifs is 6. The van der Waals surface area contributed by atoms with Gasteiger partial charge in [-0.25, -0.2) is 4.79 Å². The molecule has 1 amide bonds. The minimum absolute atomic E-state index is 0.0329. The van der Waals surface area contributed by atoms with Crippen molar-refractivity contribution < 1.29 is 14.3 Å². The lowest BCUT2D eigenvalue weighted by molar-refractivity contribution is -0.0331. The van der Waals surface area contributed by atoms with Crippen molar-refractivity contribution in [3.05, 3.63) is 113 Å². The lowest BCUT2D eigenvalue weighted by Crippen LogP contribution is -2.56. The van der Waals surface area contributed by atoms with E-state index in [4.69, 9.17) is 9.47 Å². The van der Waals surface area contributed by atoms with Crippen molar-refractivity contribution in [3.8, 4) is 11.1 Å². The zero-order valence-electron chi connectivity index (χ0n) is 20.9. The number of benzene rings is 4. The molecule has 4 aromatic carbocycles. The molecule has 2 unspecified atom stereocenters. The molecule has 2 heterocycles. The lowest BCUT2D eigenvalue weighted by Gasteiger charge is -2.44. The maximum atomic E-state index is 13.5. The first kappa shape index (κ1) is 22.3. The molecule has 1 aliphatic carbocycles. The van der Waals surface area contributed by atoms with Gasteiger partial charge in [0.1, 0.15) is 6.61 Å². The van der Waals surface area contributed by atoms with E-state index in [9.17, 15) is 4.79 Å². The SMILES string of the molecule is Cc1ccc(C2=CC3COCC(C2)N3C(=O)OCC2c3ccccc3-c3ccccc32)c2ccccc12. The number of carbonyl (C=O) groups is 1. The van der Waals surface area contributed by atoms with Gasteiger partial charge in [-0.05, 0) is 63.1 Å². The number of aryl methyl sites for hydroxylation is 1. The summed E-state index contributed by atoms with van der Waals surface area (Å²) < 4.78 is 11.9. The maximum Gasteiger partial charge on any atom is 0.410 e. The minimum atomic E-state index is -0.246. The molecule has 1 fully saturated rings. The molecule has 2 atom stereocenters. The second-order valence-electron chi connectivity index (χ2n) is 10.3. The van der Waals surface area contributed by atoms with Crippen molar-refractivity contribution >= 4 is 22.4 Å². The molecule has 7 rings (SSSR count). The molecule has 0 N–H and O–H groups in total. The van der Waals surface area contributed by atoms with Crippen LogP contribution < -0.4 is 0 Å². The first-order valence-electron chi connectivity index (χ1n) is 13.1. The third-order valence-corrected chi connectivity index (χ3v) is 8.23. The zero-order chi connectivity index (χ0) is 24.9. The Kier molecular flexibility index (Phi) is 5.37. The monoisotopic (exact) mass is 487 g/mol. The summed E-state index contributed by atoms with van der Waals surface area (Å²) in [5.74, 6) is 0.0576. The standard InChI is InChI=1S/C33H29NO3/c1-21-14-15-26(27-9-3-2-8-25(21)27)22-16-23-18-36-19-24(17-22)34(23)33(35)37-20-32-30-12-6-4-10-28(30)29-11-5-7-13-31(29)32/h2-16,23-24,32H,17-20H2,1H3. The van der Waals surface area contributed by atoms with Crippen LogP contribution in [0.4, 0.5) is 4.79 Å². The fraction of sp³-hybridized carbons (Fsp3) is 0.242. The summed E-state index contributed by atoms with van der Waals surface area (Å²) >= 11 is 0. The van der Waals surface area contributed by atoms with E-state index in [0.29, 0.717) is 19.8 Å². The van der Waals surface area contributed by atoms with Crippen LogP contribution in [0, 0.1) is 6.92 Å². The van der Waals surface area contributed by atoms with E-state index in [1.165, 1.54) is 49.7 Å². The van der Waals surface area contributed by atoms with E-state index in [1.807, 2.05) is 4.90 Å². The summed E-state index contributed by atoms with van der Waals surface area (Å²) in [5, 5.41) is 2.55. The van der Waals surface area contributed by atoms with Gasteiger partial charge in [0.15, 0.2) is 0 Å². The number of hydrogen-bond acceptors (Lipinski definition) is 3. The molecule has 184 valence electrons. The second-order valence-corrected chi connectivity index (χ2v) is 10.3. The average Bonchev–Trinajstić information content (AvgIpc) is 3.25. The van der Waals surface area contributed by atoms with Gasteiger partial charge in [-0.2, -0.15) is 0 Å². The third kappa shape index (κ3) is 3.67. The van der Waals surface area contributed by atoms with E-state index >= 15 is 0 Å². The number of carbonyl (C=O) groups excluding carboxylic acids is 1. The van der Waals surface area contributed by atoms with Gasteiger partial charge in [-0.15, -0.1) is 0 Å². The molecule has 0 aromatic heterocycles. The molecule has 37 heavy (non-hydrogen) atoms. The molecule has 0 saturated carbocycles. The van der Waals surface area contributed by atoms with Crippen molar-refractivity contribution in [3.63, 3.8) is 0 Å². The maximum absolute atomic E-state index is 13.5. The fourth-order valence-electron chi connectivity index (χ4n) is 6.48. The Labute approximate surface area is 217 Å². The average molecular weight is 488 g/mol. The van der Waals surface area contributed by atoms with Crippen LogP contribution in [0.3, 0.4) is 0 Å². The van der Waals surface area contributed by atoms with E-state index in [1.54, 1.807) is 0 Å². The number of amides is 1. The molecule has 1 saturated heterocycles. The highest BCUT2D eigenvalue weighted by atomic mass is 16.6. The Morgan fingerprint density at radius 2 is 1.51 bits per heavy atom. The number of nitrogens with zero attached hydrogens (tertiary/aromatic N) is 1. The van der Waals surface area contributed by atoms with Crippen molar-refractivity contribution in [2.24, 2.45) is 0 Å². The van der Waals surface area contributed by atoms with Crippen LogP contribution >= 0.6 is 0 Å². The van der Waals surface area contributed by atoms with Crippen molar-refractivity contribution in [2.75, 3.05) is 19.8 Å². The van der Waals surface area contributed by atoms with Crippen LogP contribution in [0.2, 0.25) is 0 Å². The minimum Gasteiger partial charge on any atom is -0.448 e. The van der Waals surface area contributed by atoms with E-state index in [2.05, 4.69) is 97.9 Å². The van der Waals surface area contributed by atoms with Crippen LogP contribution in [0.15, 0.2) is 91.0 Å². The quantitative estimate of drug-likeness (QED) is 0.314. The highest BCUT2D eigenvalue weighted by molar-refractivity contribution is 5.96. The summed E-state index contributed by atoms with van der Waals surface area (Å²) in [7, 11) is 0. The molecule has 2 aliphatic heterocycles.